The summed E-state index contributed by atoms with van der Waals surface area (Å²) in [4.78, 5) is 28.0. The predicted molar refractivity (Wildman–Crippen MR) is 86.7 cm³/mol. The lowest BCUT2D eigenvalue weighted by Gasteiger charge is -2.34. The number of carbonyl (C=O) groups excluding carboxylic acids is 2. The van der Waals surface area contributed by atoms with E-state index in [1.54, 1.807) is 21.9 Å². The van der Waals surface area contributed by atoms with Crippen LogP contribution in [0.2, 0.25) is 0 Å². The highest BCUT2D eigenvalue weighted by Gasteiger charge is 2.28. The fraction of sp³-hybridized carbons (Fsp3) is 0.556. The van der Waals surface area contributed by atoms with Crippen molar-refractivity contribution in [3.05, 3.63) is 35.6 Å². The molecule has 0 spiro atoms. The monoisotopic (exact) mass is 334 g/mol. The number of amides is 2. The standard InChI is InChI=1S/C18H23FN2O3/c19-15-7-5-14(6-8-15)16-12-21(10-11-24-16)18(23)13-20-9-3-1-2-4-17(20)22/h5-8,16H,1-4,9-13H2. The lowest BCUT2D eigenvalue weighted by atomic mass is 10.1. The molecule has 1 aromatic carbocycles. The smallest absolute Gasteiger partial charge is 0.242 e. The van der Waals surface area contributed by atoms with Crippen LogP contribution >= 0.6 is 0 Å². The quantitative estimate of drug-likeness (QED) is 0.851. The van der Waals surface area contributed by atoms with Crippen LogP contribution in [-0.2, 0) is 14.3 Å². The molecule has 2 saturated heterocycles. The number of hydrogen-bond acceptors (Lipinski definition) is 3. The van der Waals surface area contributed by atoms with Crippen LogP contribution < -0.4 is 0 Å². The van der Waals surface area contributed by atoms with Gasteiger partial charge >= 0.3 is 0 Å². The highest BCUT2D eigenvalue weighted by atomic mass is 19.1. The number of benzene rings is 1. The first kappa shape index (κ1) is 16.9. The van der Waals surface area contributed by atoms with Crippen LogP contribution in [-0.4, -0.2) is 54.4 Å². The minimum Gasteiger partial charge on any atom is -0.370 e. The van der Waals surface area contributed by atoms with Crippen molar-refractivity contribution in [3.63, 3.8) is 0 Å². The van der Waals surface area contributed by atoms with E-state index < -0.39 is 0 Å². The molecule has 0 aromatic heterocycles. The number of morpholine rings is 1. The maximum absolute atomic E-state index is 13.0. The molecule has 24 heavy (non-hydrogen) atoms. The van der Waals surface area contributed by atoms with Gasteiger partial charge in [-0.2, -0.15) is 0 Å². The topological polar surface area (TPSA) is 49.9 Å². The zero-order chi connectivity index (χ0) is 16.9. The van der Waals surface area contributed by atoms with Gasteiger partial charge in [-0.1, -0.05) is 18.6 Å². The van der Waals surface area contributed by atoms with E-state index in [4.69, 9.17) is 4.74 Å². The summed E-state index contributed by atoms with van der Waals surface area (Å²) in [7, 11) is 0. The van der Waals surface area contributed by atoms with Crippen LogP contribution in [0, 0.1) is 5.82 Å². The molecule has 0 saturated carbocycles. The molecule has 0 aliphatic carbocycles. The van der Waals surface area contributed by atoms with Crippen molar-refractivity contribution in [1.29, 1.82) is 0 Å². The molecule has 6 heteroatoms. The lowest BCUT2D eigenvalue weighted by Crippen LogP contribution is -2.47. The van der Waals surface area contributed by atoms with E-state index in [-0.39, 0.29) is 30.3 Å². The number of likely N-dealkylation sites (tertiary alicyclic amines) is 1. The Hall–Kier alpha value is -1.95. The molecule has 2 heterocycles. The third-order valence-electron chi connectivity index (χ3n) is 4.66. The van der Waals surface area contributed by atoms with Crippen molar-refractivity contribution in [2.45, 2.75) is 31.8 Å². The van der Waals surface area contributed by atoms with Gasteiger partial charge in [0.15, 0.2) is 0 Å². The van der Waals surface area contributed by atoms with Gasteiger partial charge in [-0.15, -0.1) is 0 Å². The maximum Gasteiger partial charge on any atom is 0.242 e. The van der Waals surface area contributed by atoms with E-state index in [1.807, 2.05) is 0 Å². The normalized spacial score (nSPS) is 22.4. The third-order valence-corrected chi connectivity index (χ3v) is 4.66. The first-order chi connectivity index (χ1) is 11.6. The van der Waals surface area contributed by atoms with Crippen molar-refractivity contribution in [1.82, 2.24) is 9.80 Å². The van der Waals surface area contributed by atoms with E-state index in [2.05, 4.69) is 0 Å². The Labute approximate surface area is 141 Å². The van der Waals surface area contributed by atoms with Crippen LogP contribution in [0.25, 0.3) is 0 Å². The Balaban J connectivity index is 1.60. The molecular weight excluding hydrogens is 311 g/mol. The Kier molecular flexibility index (Phi) is 5.45. The van der Waals surface area contributed by atoms with Crippen molar-refractivity contribution in [2.24, 2.45) is 0 Å². The number of ether oxygens (including phenoxy) is 1. The molecule has 2 amide bonds. The molecule has 1 atom stereocenters. The molecule has 130 valence electrons. The molecule has 2 fully saturated rings. The summed E-state index contributed by atoms with van der Waals surface area (Å²) in [6.07, 6.45) is 3.20. The summed E-state index contributed by atoms with van der Waals surface area (Å²) in [5.74, 6) is -0.257. The van der Waals surface area contributed by atoms with Gasteiger partial charge in [0.2, 0.25) is 11.8 Å². The van der Waals surface area contributed by atoms with Crippen LogP contribution in [0.3, 0.4) is 0 Å². The van der Waals surface area contributed by atoms with E-state index in [0.29, 0.717) is 32.7 Å². The summed E-state index contributed by atoms with van der Waals surface area (Å²) < 4.78 is 18.8. The molecule has 0 radical (unpaired) electrons. The van der Waals surface area contributed by atoms with Gasteiger partial charge in [-0.05, 0) is 30.5 Å². The number of carbonyl (C=O) groups is 2. The third kappa shape index (κ3) is 4.12. The van der Waals surface area contributed by atoms with Gasteiger partial charge in [0.1, 0.15) is 11.9 Å². The predicted octanol–water partition coefficient (Wildman–Crippen LogP) is 2.13. The molecule has 2 aliphatic rings. The highest BCUT2D eigenvalue weighted by molar-refractivity contribution is 5.85. The highest BCUT2D eigenvalue weighted by Crippen LogP contribution is 2.23. The minimum absolute atomic E-state index is 0.0411. The average molecular weight is 334 g/mol. The van der Waals surface area contributed by atoms with E-state index >= 15 is 0 Å². The first-order valence-corrected chi connectivity index (χ1v) is 8.56. The van der Waals surface area contributed by atoms with Crippen LogP contribution in [0.4, 0.5) is 4.39 Å². The van der Waals surface area contributed by atoms with Crippen molar-refractivity contribution in [2.75, 3.05) is 32.8 Å². The van der Waals surface area contributed by atoms with Crippen molar-refractivity contribution < 1.29 is 18.7 Å². The van der Waals surface area contributed by atoms with E-state index in [9.17, 15) is 14.0 Å². The van der Waals surface area contributed by atoms with Gasteiger partial charge in [0.25, 0.3) is 0 Å². The largest absolute Gasteiger partial charge is 0.370 e. The van der Waals surface area contributed by atoms with Gasteiger partial charge in [0, 0.05) is 19.5 Å². The zero-order valence-electron chi connectivity index (χ0n) is 13.7. The second-order valence-electron chi connectivity index (χ2n) is 6.38. The fourth-order valence-corrected chi connectivity index (χ4v) is 3.22. The van der Waals surface area contributed by atoms with Gasteiger partial charge in [-0.25, -0.2) is 4.39 Å². The Morgan fingerprint density at radius 1 is 1.17 bits per heavy atom. The summed E-state index contributed by atoms with van der Waals surface area (Å²) in [5.41, 5.74) is 0.861. The summed E-state index contributed by atoms with van der Waals surface area (Å²) in [6.45, 7) is 2.22. The first-order valence-electron chi connectivity index (χ1n) is 8.56. The van der Waals surface area contributed by atoms with Gasteiger partial charge in [-0.3, -0.25) is 9.59 Å². The SMILES string of the molecule is O=C1CCCCCN1CC(=O)N1CCOC(c2ccc(F)cc2)C1. The van der Waals surface area contributed by atoms with E-state index in [0.717, 1.165) is 24.8 Å². The fourth-order valence-electron chi connectivity index (χ4n) is 3.22. The molecule has 1 unspecified atom stereocenters. The Morgan fingerprint density at radius 2 is 1.96 bits per heavy atom. The number of rotatable bonds is 3. The second kappa shape index (κ2) is 7.75. The summed E-state index contributed by atoms with van der Waals surface area (Å²) in [6, 6.07) is 6.17. The second-order valence-corrected chi connectivity index (χ2v) is 6.38. The molecule has 3 rings (SSSR count). The minimum atomic E-state index is -0.290. The lowest BCUT2D eigenvalue weighted by molar-refractivity contribution is -0.145. The molecule has 0 N–H and O–H groups in total. The molecule has 0 bridgehead atoms. The number of hydrogen-bond donors (Lipinski definition) is 0. The zero-order valence-corrected chi connectivity index (χ0v) is 13.7. The number of nitrogens with zero attached hydrogens (tertiary/aromatic N) is 2. The van der Waals surface area contributed by atoms with Crippen LogP contribution in [0.5, 0.6) is 0 Å². The van der Waals surface area contributed by atoms with Crippen molar-refractivity contribution in [3.8, 4) is 0 Å². The van der Waals surface area contributed by atoms with Gasteiger partial charge < -0.3 is 14.5 Å². The molecule has 2 aliphatic heterocycles. The van der Waals surface area contributed by atoms with Crippen LogP contribution in [0.1, 0.15) is 37.4 Å². The van der Waals surface area contributed by atoms with Crippen molar-refractivity contribution >= 4 is 11.8 Å². The molecule has 1 aromatic rings. The average Bonchev–Trinajstić information content (AvgIpc) is 2.80. The van der Waals surface area contributed by atoms with Gasteiger partial charge in [0.05, 0.1) is 19.7 Å². The van der Waals surface area contributed by atoms with Crippen LogP contribution in [0.15, 0.2) is 24.3 Å². The number of halogens is 1. The Bertz CT molecular complexity index is 590. The maximum atomic E-state index is 13.0. The summed E-state index contributed by atoms with van der Waals surface area (Å²) >= 11 is 0. The van der Waals surface area contributed by atoms with E-state index in [1.165, 1.54) is 12.1 Å². The molecular formula is C18H23FN2O3. The Morgan fingerprint density at radius 3 is 2.75 bits per heavy atom. The summed E-state index contributed by atoms with van der Waals surface area (Å²) in [5, 5.41) is 0. The molecule has 5 nitrogen and oxygen atoms in total.